The molecule has 8 heteroatoms. The number of nitrogens with zero attached hydrogens (tertiary/aromatic N) is 1. The van der Waals surface area contributed by atoms with Crippen LogP contribution in [0.3, 0.4) is 0 Å². The van der Waals surface area contributed by atoms with Gasteiger partial charge in [-0.05, 0) is 30.7 Å². The van der Waals surface area contributed by atoms with Crippen molar-refractivity contribution in [2.24, 2.45) is 11.7 Å². The lowest BCUT2D eigenvalue weighted by molar-refractivity contribution is -0.113. The third-order valence-electron chi connectivity index (χ3n) is 3.82. The molecule has 0 radical (unpaired) electrons. The second-order valence-corrected chi connectivity index (χ2v) is 7.72. The Bertz CT molecular complexity index is 724. The quantitative estimate of drug-likeness (QED) is 0.721. The molecule has 0 saturated carbocycles. The second kappa shape index (κ2) is 6.76. The first-order valence-electron chi connectivity index (χ1n) is 7.41. The van der Waals surface area contributed by atoms with Crippen LogP contribution in [0, 0.1) is 5.92 Å². The van der Waals surface area contributed by atoms with Gasteiger partial charge < -0.3 is 16.0 Å². The highest BCUT2D eigenvalue weighted by atomic mass is 32.2. The van der Waals surface area contributed by atoms with Crippen molar-refractivity contribution in [2.45, 2.75) is 31.3 Å². The van der Waals surface area contributed by atoms with Crippen molar-refractivity contribution in [3.63, 3.8) is 0 Å². The molecule has 0 bridgehead atoms. The van der Waals surface area contributed by atoms with E-state index in [0.29, 0.717) is 21.6 Å². The minimum atomic E-state index is -0.467. The summed E-state index contributed by atoms with van der Waals surface area (Å²) in [6.45, 7) is 2.20. The van der Waals surface area contributed by atoms with E-state index in [-0.39, 0.29) is 11.7 Å². The summed E-state index contributed by atoms with van der Waals surface area (Å²) in [7, 11) is 0. The number of thioether (sulfide) groups is 1. The molecule has 6 nitrogen and oxygen atoms in total. The lowest BCUT2D eigenvalue weighted by atomic mass is 9.88. The van der Waals surface area contributed by atoms with Crippen LogP contribution < -0.4 is 11.1 Å². The molecule has 122 valence electrons. The fraction of sp³-hybridized carbons (Fsp3) is 0.400. The monoisotopic (exact) mass is 350 g/mol. The zero-order chi connectivity index (χ0) is 16.4. The van der Waals surface area contributed by atoms with Crippen LogP contribution in [0.25, 0.3) is 0 Å². The van der Waals surface area contributed by atoms with Gasteiger partial charge in [0.25, 0.3) is 5.91 Å². The van der Waals surface area contributed by atoms with Gasteiger partial charge in [0.15, 0.2) is 5.16 Å². The minimum Gasteiger partial charge on any atom is -0.365 e. The summed E-state index contributed by atoms with van der Waals surface area (Å²) in [5.41, 5.74) is 7.06. The smallest absolute Gasteiger partial charge is 0.251 e. The molecule has 4 N–H and O–H groups in total. The molecule has 2 aromatic heterocycles. The number of fused-ring (bicyclic) bond motifs is 1. The number of nitrogens with two attached hydrogens (primary N) is 1. The lowest BCUT2D eigenvalue weighted by Crippen LogP contribution is -2.20. The lowest BCUT2D eigenvalue weighted by Gasteiger charge is -2.18. The predicted molar refractivity (Wildman–Crippen MR) is 92.0 cm³/mol. The highest BCUT2D eigenvalue weighted by molar-refractivity contribution is 7.99. The van der Waals surface area contributed by atoms with Crippen molar-refractivity contribution in [1.29, 1.82) is 0 Å². The molecule has 1 unspecified atom stereocenters. The summed E-state index contributed by atoms with van der Waals surface area (Å²) in [6, 6.07) is 0. The van der Waals surface area contributed by atoms with Crippen LogP contribution in [0.4, 0.5) is 5.00 Å². The van der Waals surface area contributed by atoms with Gasteiger partial charge in [-0.1, -0.05) is 18.7 Å². The van der Waals surface area contributed by atoms with Gasteiger partial charge in [0.1, 0.15) is 5.00 Å². The number of thiophene rings is 1. The third kappa shape index (κ3) is 3.59. The van der Waals surface area contributed by atoms with Crippen molar-refractivity contribution in [2.75, 3.05) is 11.1 Å². The maximum Gasteiger partial charge on any atom is 0.251 e. The highest BCUT2D eigenvalue weighted by Gasteiger charge is 2.27. The van der Waals surface area contributed by atoms with Crippen molar-refractivity contribution >= 4 is 39.9 Å². The molecule has 1 atom stereocenters. The summed E-state index contributed by atoms with van der Waals surface area (Å²) in [4.78, 5) is 32.1. The number of carbonyl (C=O) groups excluding carboxylic acids is 2. The van der Waals surface area contributed by atoms with Crippen LogP contribution in [0.15, 0.2) is 17.6 Å². The summed E-state index contributed by atoms with van der Waals surface area (Å²) in [6.07, 6.45) is 6.19. The van der Waals surface area contributed by atoms with E-state index in [1.54, 1.807) is 12.4 Å². The van der Waals surface area contributed by atoms with Gasteiger partial charge in [0.05, 0.1) is 11.3 Å². The Labute approximate surface area is 142 Å². The molecule has 23 heavy (non-hydrogen) atoms. The van der Waals surface area contributed by atoms with Crippen molar-refractivity contribution in [1.82, 2.24) is 9.97 Å². The van der Waals surface area contributed by atoms with Crippen LogP contribution in [-0.2, 0) is 17.6 Å². The van der Waals surface area contributed by atoms with E-state index in [1.807, 2.05) is 0 Å². The number of carbonyl (C=O) groups is 2. The number of rotatable bonds is 5. The Morgan fingerprint density at radius 2 is 2.39 bits per heavy atom. The van der Waals surface area contributed by atoms with E-state index in [1.165, 1.54) is 28.0 Å². The first kappa shape index (κ1) is 16.1. The van der Waals surface area contributed by atoms with Gasteiger partial charge in [-0.15, -0.1) is 11.3 Å². The standard InChI is InChI=1S/C15H18N4O2S2/c1-8-2-3-9-10(6-8)23-14(12(9)13(16)21)19-11(20)7-22-15-17-4-5-18-15/h4-5,8H,2-3,6-7H2,1H3,(H2,16,21)(H,17,18)(H,19,20). The van der Waals surface area contributed by atoms with E-state index in [0.717, 1.165) is 24.8 Å². The topological polar surface area (TPSA) is 101 Å². The predicted octanol–water partition coefficient (Wildman–Crippen LogP) is 2.43. The van der Waals surface area contributed by atoms with Crippen molar-refractivity contribution in [3.05, 3.63) is 28.4 Å². The number of aromatic amines is 1. The van der Waals surface area contributed by atoms with E-state index in [4.69, 9.17) is 5.73 Å². The van der Waals surface area contributed by atoms with Gasteiger partial charge >= 0.3 is 0 Å². The molecular formula is C15H18N4O2S2. The summed E-state index contributed by atoms with van der Waals surface area (Å²) in [5, 5.41) is 4.12. The maximum absolute atomic E-state index is 12.1. The largest absolute Gasteiger partial charge is 0.365 e. The molecule has 0 spiro atoms. The molecule has 2 amide bonds. The number of amides is 2. The fourth-order valence-corrected chi connectivity index (χ4v) is 4.78. The summed E-state index contributed by atoms with van der Waals surface area (Å²) < 4.78 is 0. The molecule has 0 aliphatic heterocycles. The van der Waals surface area contributed by atoms with E-state index < -0.39 is 5.91 Å². The fourth-order valence-electron chi connectivity index (χ4n) is 2.73. The molecule has 0 saturated heterocycles. The molecule has 2 aromatic rings. The number of hydrogen-bond acceptors (Lipinski definition) is 5. The number of hydrogen-bond donors (Lipinski definition) is 3. The van der Waals surface area contributed by atoms with Gasteiger partial charge in [0.2, 0.25) is 5.91 Å². The average Bonchev–Trinajstić information content (AvgIpc) is 3.11. The molecular weight excluding hydrogens is 332 g/mol. The Kier molecular flexibility index (Phi) is 4.72. The van der Waals surface area contributed by atoms with Crippen molar-refractivity contribution < 1.29 is 9.59 Å². The molecule has 3 rings (SSSR count). The van der Waals surface area contributed by atoms with Crippen LogP contribution >= 0.6 is 23.1 Å². The number of aromatic nitrogens is 2. The Morgan fingerprint density at radius 1 is 1.57 bits per heavy atom. The Morgan fingerprint density at radius 3 is 3.09 bits per heavy atom. The average molecular weight is 350 g/mol. The Hall–Kier alpha value is -1.80. The van der Waals surface area contributed by atoms with Gasteiger partial charge in [0, 0.05) is 17.3 Å². The summed E-state index contributed by atoms with van der Waals surface area (Å²) >= 11 is 2.79. The molecule has 1 aliphatic carbocycles. The van der Waals surface area contributed by atoms with Crippen molar-refractivity contribution in [3.8, 4) is 0 Å². The van der Waals surface area contributed by atoms with Gasteiger partial charge in [-0.2, -0.15) is 0 Å². The first-order valence-corrected chi connectivity index (χ1v) is 9.21. The molecule has 2 heterocycles. The van der Waals surface area contributed by atoms with Crippen LogP contribution in [0.5, 0.6) is 0 Å². The zero-order valence-electron chi connectivity index (χ0n) is 12.7. The number of H-pyrrole nitrogens is 1. The zero-order valence-corrected chi connectivity index (χ0v) is 14.4. The number of nitrogens with one attached hydrogen (secondary N) is 2. The van der Waals surface area contributed by atoms with E-state index in [2.05, 4.69) is 22.2 Å². The number of anilines is 1. The summed E-state index contributed by atoms with van der Waals surface area (Å²) in [5.74, 6) is 0.191. The Balaban J connectivity index is 1.74. The molecule has 0 aromatic carbocycles. The van der Waals surface area contributed by atoms with Crippen LogP contribution in [0.2, 0.25) is 0 Å². The van der Waals surface area contributed by atoms with Gasteiger partial charge in [-0.25, -0.2) is 4.98 Å². The first-order chi connectivity index (χ1) is 11.0. The van der Waals surface area contributed by atoms with E-state index in [9.17, 15) is 9.59 Å². The normalized spacial score (nSPS) is 16.8. The van der Waals surface area contributed by atoms with E-state index >= 15 is 0 Å². The van der Waals surface area contributed by atoms with Gasteiger partial charge in [-0.3, -0.25) is 9.59 Å². The third-order valence-corrected chi connectivity index (χ3v) is 5.90. The minimum absolute atomic E-state index is 0.166. The second-order valence-electron chi connectivity index (χ2n) is 5.65. The van der Waals surface area contributed by atoms with Crippen LogP contribution in [-0.4, -0.2) is 27.5 Å². The molecule has 1 aliphatic rings. The highest BCUT2D eigenvalue weighted by Crippen LogP contribution is 2.39. The molecule has 0 fully saturated rings. The SMILES string of the molecule is CC1CCc2c(sc(NC(=O)CSc3ncc[nH]3)c2C(N)=O)C1. The number of primary amides is 1. The van der Waals surface area contributed by atoms with Crippen LogP contribution in [0.1, 0.15) is 34.1 Å². The maximum atomic E-state index is 12.1. The number of imidazole rings is 1.